The summed E-state index contributed by atoms with van der Waals surface area (Å²) in [5, 5.41) is 0. The molecule has 1 aliphatic heterocycles. The molecular formula is C19H23NO5. The van der Waals surface area contributed by atoms with E-state index in [-0.39, 0.29) is 12.0 Å². The Balaban J connectivity index is 1.93. The van der Waals surface area contributed by atoms with Crippen LogP contribution in [0.15, 0.2) is 36.9 Å². The number of hydrogen-bond acceptors (Lipinski definition) is 5. The number of esters is 1. The summed E-state index contributed by atoms with van der Waals surface area (Å²) in [6.45, 7) is 4.49. The highest BCUT2D eigenvalue weighted by Crippen LogP contribution is 2.25. The van der Waals surface area contributed by atoms with E-state index in [0.29, 0.717) is 37.4 Å². The maximum absolute atomic E-state index is 12.3. The van der Waals surface area contributed by atoms with Crippen molar-refractivity contribution in [1.29, 1.82) is 0 Å². The average Bonchev–Trinajstić information content (AvgIpc) is 2.66. The maximum atomic E-state index is 12.3. The predicted molar refractivity (Wildman–Crippen MR) is 94.5 cm³/mol. The van der Waals surface area contributed by atoms with Gasteiger partial charge >= 0.3 is 5.97 Å². The number of carbonyl (C=O) groups excluding carboxylic acids is 2. The highest BCUT2D eigenvalue weighted by atomic mass is 16.5. The number of ether oxygens (including phenoxy) is 3. The maximum Gasteiger partial charge on any atom is 0.330 e. The van der Waals surface area contributed by atoms with Gasteiger partial charge in [0.1, 0.15) is 17.6 Å². The lowest BCUT2D eigenvalue weighted by molar-refractivity contribution is -0.145. The lowest BCUT2D eigenvalue weighted by Crippen LogP contribution is -2.40. The molecule has 2 rings (SSSR count). The van der Waals surface area contributed by atoms with Crippen LogP contribution in [0, 0.1) is 0 Å². The first kappa shape index (κ1) is 18.6. The number of methoxy groups -OCH3 is 2. The number of likely N-dealkylation sites (tertiary alicyclic amines) is 1. The number of hydrogen-bond donors (Lipinski definition) is 0. The quantitative estimate of drug-likeness (QED) is 0.585. The van der Waals surface area contributed by atoms with E-state index in [9.17, 15) is 9.59 Å². The third-order valence-electron chi connectivity index (χ3n) is 4.05. The highest BCUT2D eigenvalue weighted by molar-refractivity contribution is 5.92. The Hall–Kier alpha value is -2.76. The van der Waals surface area contributed by atoms with Gasteiger partial charge in [-0.05, 0) is 18.2 Å². The van der Waals surface area contributed by atoms with Crippen LogP contribution in [-0.2, 0) is 14.3 Å². The Morgan fingerprint density at radius 2 is 1.92 bits per heavy atom. The van der Waals surface area contributed by atoms with E-state index in [0.717, 1.165) is 11.6 Å². The van der Waals surface area contributed by atoms with Crippen LogP contribution in [0.5, 0.6) is 11.5 Å². The summed E-state index contributed by atoms with van der Waals surface area (Å²) in [7, 11) is 3.16. The fourth-order valence-electron chi connectivity index (χ4n) is 2.63. The van der Waals surface area contributed by atoms with Gasteiger partial charge in [-0.15, -0.1) is 0 Å². The first-order valence-corrected chi connectivity index (χ1v) is 8.09. The van der Waals surface area contributed by atoms with Gasteiger partial charge < -0.3 is 19.1 Å². The first-order valence-electron chi connectivity index (χ1n) is 8.09. The molecule has 0 radical (unpaired) electrons. The SMILES string of the molecule is C=CC(=O)OC1CCN(C(=O)/C=C/c2ccc(OC)cc2OC)CC1. The van der Waals surface area contributed by atoms with Crippen LogP contribution in [0.1, 0.15) is 18.4 Å². The molecule has 1 fully saturated rings. The zero-order valence-electron chi connectivity index (χ0n) is 14.6. The topological polar surface area (TPSA) is 65.1 Å². The second kappa shape index (κ2) is 8.92. The molecule has 0 N–H and O–H groups in total. The zero-order chi connectivity index (χ0) is 18.2. The van der Waals surface area contributed by atoms with E-state index in [1.807, 2.05) is 12.1 Å². The standard InChI is InChI=1S/C19H23NO5/c1-4-19(22)25-15-9-11-20(12-10-15)18(21)8-6-14-5-7-16(23-2)13-17(14)24-3/h4-8,13,15H,1,9-12H2,2-3H3/b8-6+. The fraction of sp³-hybridized carbons (Fsp3) is 0.368. The molecule has 0 aromatic heterocycles. The van der Waals surface area contributed by atoms with Crippen molar-refractivity contribution in [3.05, 3.63) is 42.5 Å². The monoisotopic (exact) mass is 345 g/mol. The molecule has 1 aromatic rings. The lowest BCUT2D eigenvalue weighted by Gasteiger charge is -2.30. The molecule has 0 atom stereocenters. The van der Waals surface area contributed by atoms with Gasteiger partial charge in [-0.2, -0.15) is 0 Å². The number of amides is 1. The molecule has 25 heavy (non-hydrogen) atoms. The molecule has 6 nitrogen and oxygen atoms in total. The van der Waals surface area contributed by atoms with E-state index in [1.54, 1.807) is 31.3 Å². The van der Waals surface area contributed by atoms with E-state index in [1.165, 1.54) is 6.08 Å². The van der Waals surface area contributed by atoms with Gasteiger partial charge in [0.15, 0.2) is 0 Å². The molecule has 0 aliphatic carbocycles. The van der Waals surface area contributed by atoms with Gasteiger partial charge in [0.05, 0.1) is 14.2 Å². The third-order valence-corrected chi connectivity index (χ3v) is 4.05. The average molecular weight is 345 g/mol. The second-order valence-corrected chi connectivity index (χ2v) is 5.61. The number of carbonyl (C=O) groups is 2. The minimum atomic E-state index is -0.420. The molecule has 1 aromatic carbocycles. The number of piperidine rings is 1. The van der Waals surface area contributed by atoms with Crippen molar-refractivity contribution >= 4 is 18.0 Å². The smallest absolute Gasteiger partial charge is 0.330 e. The Kier molecular flexibility index (Phi) is 6.62. The van der Waals surface area contributed by atoms with Crippen LogP contribution < -0.4 is 9.47 Å². The molecule has 1 aliphatic rings. The summed E-state index contributed by atoms with van der Waals surface area (Å²) >= 11 is 0. The Morgan fingerprint density at radius 3 is 2.52 bits per heavy atom. The molecule has 0 spiro atoms. The number of benzene rings is 1. The van der Waals surface area contributed by atoms with Crippen LogP contribution in [0.3, 0.4) is 0 Å². The van der Waals surface area contributed by atoms with E-state index >= 15 is 0 Å². The van der Waals surface area contributed by atoms with E-state index < -0.39 is 5.97 Å². The Bertz CT molecular complexity index is 660. The van der Waals surface area contributed by atoms with Gasteiger partial charge in [0.25, 0.3) is 0 Å². The summed E-state index contributed by atoms with van der Waals surface area (Å²) in [6.07, 6.45) is 5.52. The Labute approximate surface area is 147 Å². The summed E-state index contributed by atoms with van der Waals surface area (Å²) < 4.78 is 15.7. The van der Waals surface area contributed by atoms with Gasteiger partial charge in [0, 0.05) is 49.7 Å². The highest BCUT2D eigenvalue weighted by Gasteiger charge is 2.23. The largest absolute Gasteiger partial charge is 0.497 e. The first-order chi connectivity index (χ1) is 12.1. The van der Waals surface area contributed by atoms with Crippen molar-refractivity contribution in [1.82, 2.24) is 4.90 Å². The van der Waals surface area contributed by atoms with Gasteiger partial charge in [0.2, 0.25) is 5.91 Å². The van der Waals surface area contributed by atoms with Crippen molar-refractivity contribution in [3.8, 4) is 11.5 Å². The van der Waals surface area contributed by atoms with Crippen LogP contribution >= 0.6 is 0 Å². The van der Waals surface area contributed by atoms with Crippen molar-refractivity contribution in [2.45, 2.75) is 18.9 Å². The lowest BCUT2D eigenvalue weighted by atomic mass is 10.1. The van der Waals surface area contributed by atoms with Crippen LogP contribution in [0.25, 0.3) is 6.08 Å². The summed E-state index contributed by atoms with van der Waals surface area (Å²) in [6, 6.07) is 5.41. The van der Waals surface area contributed by atoms with E-state index in [2.05, 4.69) is 6.58 Å². The normalized spacial score (nSPS) is 15.0. The molecule has 6 heteroatoms. The summed E-state index contributed by atoms with van der Waals surface area (Å²) in [5.74, 6) is 0.831. The van der Waals surface area contributed by atoms with Crippen molar-refractivity contribution in [2.75, 3.05) is 27.3 Å². The fourth-order valence-corrected chi connectivity index (χ4v) is 2.63. The van der Waals surface area contributed by atoms with Crippen LogP contribution in [-0.4, -0.2) is 50.2 Å². The van der Waals surface area contributed by atoms with Crippen LogP contribution in [0.4, 0.5) is 0 Å². The minimum Gasteiger partial charge on any atom is -0.497 e. The zero-order valence-corrected chi connectivity index (χ0v) is 14.6. The van der Waals surface area contributed by atoms with Crippen molar-refractivity contribution in [2.24, 2.45) is 0 Å². The molecule has 1 heterocycles. The summed E-state index contributed by atoms with van der Waals surface area (Å²) in [4.78, 5) is 25.3. The molecule has 0 unspecified atom stereocenters. The minimum absolute atomic E-state index is 0.0774. The predicted octanol–water partition coefficient (Wildman–Crippen LogP) is 2.44. The molecule has 134 valence electrons. The molecule has 0 saturated carbocycles. The Morgan fingerprint density at radius 1 is 1.20 bits per heavy atom. The molecule has 1 amide bonds. The van der Waals surface area contributed by atoms with Gasteiger partial charge in [-0.25, -0.2) is 4.79 Å². The van der Waals surface area contributed by atoms with Gasteiger partial charge in [-0.1, -0.05) is 6.58 Å². The third kappa shape index (κ3) is 5.11. The molecule has 1 saturated heterocycles. The van der Waals surface area contributed by atoms with Crippen molar-refractivity contribution in [3.63, 3.8) is 0 Å². The van der Waals surface area contributed by atoms with E-state index in [4.69, 9.17) is 14.2 Å². The molecule has 0 bridgehead atoms. The summed E-state index contributed by atoms with van der Waals surface area (Å²) in [5.41, 5.74) is 0.798. The van der Waals surface area contributed by atoms with Crippen LogP contribution in [0.2, 0.25) is 0 Å². The molecular weight excluding hydrogens is 322 g/mol. The second-order valence-electron chi connectivity index (χ2n) is 5.61. The van der Waals surface area contributed by atoms with Gasteiger partial charge in [-0.3, -0.25) is 4.79 Å². The number of nitrogens with zero attached hydrogens (tertiary/aromatic N) is 1. The van der Waals surface area contributed by atoms with Crippen molar-refractivity contribution < 1.29 is 23.8 Å². The number of rotatable bonds is 6.